The molecule has 10 heteroatoms. The lowest BCUT2D eigenvalue weighted by Gasteiger charge is -2.37. The number of piperidine rings is 1. The lowest BCUT2D eigenvalue weighted by Crippen LogP contribution is -2.42. The highest BCUT2D eigenvalue weighted by Gasteiger charge is 2.30. The van der Waals surface area contributed by atoms with E-state index in [2.05, 4.69) is 64.3 Å². The highest BCUT2D eigenvalue weighted by atomic mass is 35.5. The highest BCUT2D eigenvalue weighted by Crippen LogP contribution is 2.39. The fraction of sp³-hybridized carbons (Fsp3) is 0.346. The summed E-state index contributed by atoms with van der Waals surface area (Å²) >= 11 is 14.1. The zero-order valence-electron chi connectivity index (χ0n) is 20.5. The Bertz CT molecular complexity index is 1280. The zero-order valence-corrected chi connectivity index (χ0v) is 22.8. The number of nitrogens with one attached hydrogen (secondary N) is 1. The average Bonchev–Trinajstić information content (AvgIpc) is 2.85. The van der Waals surface area contributed by atoms with Gasteiger partial charge in [0.2, 0.25) is 5.95 Å². The van der Waals surface area contributed by atoms with Gasteiger partial charge in [-0.15, -0.1) is 0 Å². The van der Waals surface area contributed by atoms with E-state index >= 15 is 0 Å². The van der Waals surface area contributed by atoms with E-state index in [9.17, 15) is 4.79 Å². The number of nitrogens with zero attached hydrogens (tertiary/aromatic N) is 5. The van der Waals surface area contributed by atoms with Crippen molar-refractivity contribution < 1.29 is 4.79 Å². The topological polar surface area (TPSA) is 64.6 Å². The lowest BCUT2D eigenvalue weighted by atomic mass is 10.0. The van der Waals surface area contributed by atoms with Crippen LogP contribution in [-0.2, 0) is 0 Å². The number of hydrogen-bond donors (Lipinski definition) is 1. The SMILES string of the molecule is Cc1cc(Nc2ncc3c(n2)SCN(c2c(Cl)cccc2Cl)C3=O)ccc1N1CCC(N(C)C)CC1. The molecule has 1 amide bonds. The molecule has 3 aromatic rings. The van der Waals surface area contributed by atoms with E-state index in [1.807, 2.05) is 0 Å². The molecule has 0 aliphatic carbocycles. The first-order valence-corrected chi connectivity index (χ1v) is 13.6. The molecular formula is C26H28Cl2N6OS. The van der Waals surface area contributed by atoms with Crippen molar-refractivity contribution in [3.05, 3.63) is 63.8 Å². The summed E-state index contributed by atoms with van der Waals surface area (Å²) in [6.45, 7) is 4.26. The summed E-state index contributed by atoms with van der Waals surface area (Å²) < 4.78 is 0. The van der Waals surface area contributed by atoms with Crippen molar-refractivity contribution in [3.8, 4) is 0 Å². The predicted octanol–water partition coefficient (Wildman–Crippen LogP) is 6.08. The third-order valence-corrected chi connectivity index (χ3v) is 8.34. The quantitative estimate of drug-likeness (QED) is 0.392. The van der Waals surface area contributed by atoms with Gasteiger partial charge in [0, 0.05) is 36.7 Å². The minimum Gasteiger partial charge on any atom is -0.371 e. The fourth-order valence-electron chi connectivity index (χ4n) is 4.77. The number of amides is 1. The Kier molecular flexibility index (Phi) is 7.30. The number of halogens is 2. The van der Waals surface area contributed by atoms with Crippen molar-refractivity contribution in [1.82, 2.24) is 14.9 Å². The van der Waals surface area contributed by atoms with Gasteiger partial charge >= 0.3 is 0 Å². The lowest BCUT2D eigenvalue weighted by molar-refractivity contribution is 0.0985. The van der Waals surface area contributed by atoms with Gasteiger partial charge in [0.25, 0.3) is 5.91 Å². The molecule has 1 saturated heterocycles. The molecule has 0 radical (unpaired) electrons. The Morgan fingerprint density at radius 2 is 1.83 bits per heavy atom. The second-order valence-electron chi connectivity index (χ2n) is 9.30. The molecule has 1 aromatic heterocycles. The molecule has 2 aromatic carbocycles. The number of para-hydroxylation sites is 1. The summed E-state index contributed by atoms with van der Waals surface area (Å²) in [5.41, 5.74) is 4.32. The van der Waals surface area contributed by atoms with Crippen LogP contribution in [0.15, 0.2) is 47.6 Å². The second-order valence-corrected chi connectivity index (χ2v) is 11.0. The molecule has 5 rings (SSSR count). The maximum absolute atomic E-state index is 13.2. The molecule has 2 aliphatic rings. The van der Waals surface area contributed by atoms with Crippen molar-refractivity contribution in [2.24, 2.45) is 0 Å². The van der Waals surface area contributed by atoms with Crippen LogP contribution >= 0.6 is 35.0 Å². The second kappa shape index (κ2) is 10.5. The number of anilines is 4. The molecule has 0 bridgehead atoms. The van der Waals surface area contributed by atoms with Crippen molar-refractivity contribution in [2.45, 2.75) is 30.8 Å². The molecule has 0 unspecified atom stereocenters. The number of rotatable bonds is 5. The largest absolute Gasteiger partial charge is 0.371 e. The Balaban J connectivity index is 1.29. The Morgan fingerprint density at radius 3 is 2.50 bits per heavy atom. The van der Waals surface area contributed by atoms with E-state index in [4.69, 9.17) is 23.2 Å². The highest BCUT2D eigenvalue weighted by molar-refractivity contribution is 7.99. The summed E-state index contributed by atoms with van der Waals surface area (Å²) in [6, 6.07) is 12.2. The predicted molar refractivity (Wildman–Crippen MR) is 149 cm³/mol. The average molecular weight is 544 g/mol. The van der Waals surface area contributed by atoms with Gasteiger partial charge in [-0.25, -0.2) is 9.97 Å². The van der Waals surface area contributed by atoms with E-state index < -0.39 is 0 Å². The monoisotopic (exact) mass is 542 g/mol. The Morgan fingerprint density at radius 1 is 1.11 bits per heavy atom. The van der Waals surface area contributed by atoms with Crippen LogP contribution in [-0.4, -0.2) is 59.9 Å². The number of thioether (sulfide) groups is 1. The van der Waals surface area contributed by atoms with E-state index in [1.54, 1.807) is 29.3 Å². The molecule has 1 fully saturated rings. The van der Waals surface area contributed by atoms with Gasteiger partial charge in [-0.2, -0.15) is 0 Å². The van der Waals surface area contributed by atoms with Crippen molar-refractivity contribution in [1.29, 1.82) is 0 Å². The molecule has 7 nitrogen and oxygen atoms in total. The molecule has 2 aliphatic heterocycles. The van der Waals surface area contributed by atoms with Gasteiger partial charge in [-0.05, 0) is 69.8 Å². The third-order valence-electron chi connectivity index (χ3n) is 6.76. The number of fused-ring (bicyclic) bond motifs is 1. The number of aromatic nitrogens is 2. The van der Waals surface area contributed by atoms with Crippen LogP contribution in [0.25, 0.3) is 0 Å². The zero-order chi connectivity index (χ0) is 25.4. The third kappa shape index (κ3) is 5.00. The minimum atomic E-state index is -0.219. The summed E-state index contributed by atoms with van der Waals surface area (Å²) in [6.07, 6.45) is 3.91. The summed E-state index contributed by atoms with van der Waals surface area (Å²) in [4.78, 5) is 28.6. The van der Waals surface area contributed by atoms with Crippen LogP contribution < -0.4 is 15.1 Å². The maximum Gasteiger partial charge on any atom is 0.263 e. The van der Waals surface area contributed by atoms with Crippen molar-refractivity contribution >= 4 is 63.9 Å². The molecule has 0 spiro atoms. The molecule has 36 heavy (non-hydrogen) atoms. The van der Waals surface area contributed by atoms with Crippen LogP contribution in [0.4, 0.5) is 23.0 Å². The smallest absolute Gasteiger partial charge is 0.263 e. The van der Waals surface area contributed by atoms with Crippen LogP contribution in [0.5, 0.6) is 0 Å². The van der Waals surface area contributed by atoms with E-state index in [0.717, 1.165) is 18.8 Å². The normalized spacial score (nSPS) is 16.4. The molecule has 1 N–H and O–H groups in total. The first kappa shape index (κ1) is 25.1. The van der Waals surface area contributed by atoms with Crippen molar-refractivity contribution in [3.63, 3.8) is 0 Å². The number of hydrogen-bond acceptors (Lipinski definition) is 7. The number of carbonyl (C=O) groups is 1. The Labute approximate surface area is 225 Å². The first-order chi connectivity index (χ1) is 17.3. The minimum absolute atomic E-state index is 0.219. The van der Waals surface area contributed by atoms with Crippen molar-refractivity contribution in [2.75, 3.05) is 48.2 Å². The summed E-state index contributed by atoms with van der Waals surface area (Å²) in [7, 11) is 4.32. The molecule has 3 heterocycles. The van der Waals surface area contributed by atoms with Gasteiger partial charge in [0.05, 0.1) is 27.2 Å². The van der Waals surface area contributed by atoms with Crippen LogP contribution in [0, 0.1) is 6.92 Å². The molecule has 0 saturated carbocycles. The van der Waals surface area contributed by atoms with Gasteiger partial charge in [-0.1, -0.05) is 41.0 Å². The van der Waals surface area contributed by atoms with Gasteiger partial charge in [0.1, 0.15) is 5.03 Å². The molecule has 188 valence electrons. The number of aryl methyl sites for hydroxylation is 1. The summed E-state index contributed by atoms with van der Waals surface area (Å²) in [5, 5.41) is 4.79. The standard InChI is InChI=1S/C26H28Cl2N6OS/c1-16-13-17(7-8-22(16)33-11-9-18(10-12-33)32(2)3)30-26-29-14-19-24(31-26)36-15-34(25(19)35)23-20(27)5-4-6-21(23)28/h4-8,13-14,18H,9-12,15H2,1-3H3,(H,29,30,31). The molecular weight excluding hydrogens is 515 g/mol. The van der Waals surface area contributed by atoms with E-state index in [0.29, 0.717) is 44.2 Å². The van der Waals surface area contributed by atoms with E-state index in [-0.39, 0.29) is 5.91 Å². The van der Waals surface area contributed by atoms with Gasteiger partial charge < -0.3 is 15.1 Å². The first-order valence-electron chi connectivity index (χ1n) is 11.9. The number of benzene rings is 2. The van der Waals surface area contributed by atoms with Crippen LogP contribution in [0.3, 0.4) is 0 Å². The van der Waals surface area contributed by atoms with Gasteiger partial charge in [-0.3, -0.25) is 9.69 Å². The maximum atomic E-state index is 13.2. The molecule has 0 atom stereocenters. The van der Waals surface area contributed by atoms with Gasteiger partial charge in [0.15, 0.2) is 0 Å². The Hall–Kier alpha value is -2.52. The number of carbonyl (C=O) groups excluding carboxylic acids is 1. The fourth-order valence-corrected chi connectivity index (χ4v) is 6.31. The van der Waals surface area contributed by atoms with Crippen LogP contribution in [0.2, 0.25) is 10.0 Å². The van der Waals surface area contributed by atoms with Crippen LogP contribution in [0.1, 0.15) is 28.8 Å². The van der Waals surface area contributed by atoms with E-state index in [1.165, 1.54) is 35.9 Å². The summed E-state index contributed by atoms with van der Waals surface area (Å²) in [5.74, 6) is 0.602.